The number of carbonyl (C=O) groups is 3. The molecular weight excluding hydrogens is 390 g/mol. The van der Waals surface area contributed by atoms with Gasteiger partial charge in [-0.05, 0) is 62.7 Å². The molecule has 0 radical (unpaired) electrons. The predicted molar refractivity (Wildman–Crippen MR) is 114 cm³/mol. The molecule has 0 bridgehead atoms. The van der Waals surface area contributed by atoms with Crippen LogP contribution in [0.4, 0.5) is 11.4 Å². The van der Waals surface area contributed by atoms with Crippen molar-refractivity contribution in [1.82, 2.24) is 4.90 Å². The lowest BCUT2D eigenvalue weighted by Crippen LogP contribution is -2.33. The van der Waals surface area contributed by atoms with Crippen molar-refractivity contribution < 1.29 is 14.4 Å². The number of rotatable bonds is 5. The number of amides is 3. The minimum atomic E-state index is -0.362. The zero-order valence-corrected chi connectivity index (χ0v) is 17.4. The minimum absolute atomic E-state index is 0.00322. The van der Waals surface area contributed by atoms with Gasteiger partial charge in [0.05, 0.1) is 5.92 Å². The van der Waals surface area contributed by atoms with Gasteiger partial charge in [0.15, 0.2) is 0 Å². The van der Waals surface area contributed by atoms with Crippen LogP contribution in [0.15, 0.2) is 42.5 Å². The Morgan fingerprint density at radius 2 is 1.79 bits per heavy atom. The van der Waals surface area contributed by atoms with Gasteiger partial charge in [0.25, 0.3) is 5.91 Å². The molecular formula is C22H24ClN3O3. The van der Waals surface area contributed by atoms with Crippen molar-refractivity contribution in [3.05, 3.63) is 58.6 Å². The van der Waals surface area contributed by atoms with Crippen molar-refractivity contribution in [1.29, 1.82) is 0 Å². The summed E-state index contributed by atoms with van der Waals surface area (Å²) in [6.07, 6.45) is 0.226. The molecule has 6 nitrogen and oxygen atoms in total. The lowest BCUT2D eigenvalue weighted by Gasteiger charge is -2.20. The van der Waals surface area contributed by atoms with Crippen LogP contribution in [-0.2, 0) is 9.59 Å². The van der Waals surface area contributed by atoms with Crippen molar-refractivity contribution in [3.8, 4) is 0 Å². The third-order valence-corrected chi connectivity index (χ3v) is 5.49. The molecule has 1 unspecified atom stereocenters. The van der Waals surface area contributed by atoms with Crippen LogP contribution in [0.25, 0.3) is 0 Å². The monoisotopic (exact) mass is 413 g/mol. The molecule has 152 valence electrons. The molecule has 1 aliphatic heterocycles. The number of halogens is 1. The second-order valence-corrected chi connectivity index (χ2v) is 7.88. The highest BCUT2D eigenvalue weighted by Crippen LogP contribution is 2.24. The summed E-state index contributed by atoms with van der Waals surface area (Å²) in [5.41, 5.74) is 2.50. The number of hydrogen-bond donors (Lipinski definition) is 2. The topological polar surface area (TPSA) is 78.5 Å². The standard InChI is InChI=1S/C22H24ClN3O3/c1-13(2)26-12-16(11-20(26)27)22(29)24-17-9-7-15(8-10-17)21(28)25-19-6-4-5-18(23)14(19)3/h4-10,13,16H,11-12H2,1-3H3,(H,24,29)(H,25,28). The third kappa shape index (κ3) is 4.77. The van der Waals surface area contributed by atoms with Gasteiger partial charge in [-0.25, -0.2) is 0 Å². The van der Waals surface area contributed by atoms with Gasteiger partial charge in [-0.2, -0.15) is 0 Å². The van der Waals surface area contributed by atoms with Crippen LogP contribution in [0.2, 0.25) is 5.02 Å². The molecule has 0 aromatic heterocycles. The van der Waals surface area contributed by atoms with Crippen LogP contribution < -0.4 is 10.6 Å². The van der Waals surface area contributed by atoms with E-state index in [1.807, 2.05) is 20.8 Å². The van der Waals surface area contributed by atoms with E-state index in [1.54, 1.807) is 47.4 Å². The third-order valence-electron chi connectivity index (χ3n) is 5.08. The van der Waals surface area contributed by atoms with E-state index in [0.717, 1.165) is 5.56 Å². The maximum atomic E-state index is 12.5. The Hall–Kier alpha value is -2.86. The largest absolute Gasteiger partial charge is 0.339 e. The van der Waals surface area contributed by atoms with E-state index in [0.29, 0.717) is 28.5 Å². The fraction of sp³-hybridized carbons (Fsp3) is 0.318. The molecule has 3 rings (SSSR count). The summed E-state index contributed by atoms with van der Waals surface area (Å²) in [5, 5.41) is 6.25. The molecule has 2 N–H and O–H groups in total. The minimum Gasteiger partial charge on any atom is -0.339 e. The molecule has 2 aromatic rings. The number of likely N-dealkylation sites (tertiary alicyclic amines) is 1. The number of carbonyl (C=O) groups excluding carboxylic acids is 3. The van der Waals surface area contributed by atoms with Crippen LogP contribution in [0, 0.1) is 12.8 Å². The van der Waals surface area contributed by atoms with E-state index in [-0.39, 0.29) is 36.1 Å². The lowest BCUT2D eigenvalue weighted by molar-refractivity contribution is -0.129. The molecule has 29 heavy (non-hydrogen) atoms. The van der Waals surface area contributed by atoms with Crippen LogP contribution in [0.3, 0.4) is 0 Å². The van der Waals surface area contributed by atoms with E-state index in [2.05, 4.69) is 10.6 Å². The molecule has 1 heterocycles. The Balaban J connectivity index is 1.61. The quantitative estimate of drug-likeness (QED) is 0.774. The predicted octanol–water partition coefficient (Wildman–Crippen LogP) is 4.10. The lowest BCUT2D eigenvalue weighted by atomic mass is 10.1. The highest BCUT2D eigenvalue weighted by Gasteiger charge is 2.35. The number of nitrogens with one attached hydrogen (secondary N) is 2. The van der Waals surface area contributed by atoms with E-state index < -0.39 is 0 Å². The molecule has 2 aromatic carbocycles. The summed E-state index contributed by atoms with van der Waals surface area (Å²) in [7, 11) is 0. The zero-order chi connectivity index (χ0) is 21.1. The van der Waals surface area contributed by atoms with E-state index >= 15 is 0 Å². The van der Waals surface area contributed by atoms with Crippen LogP contribution in [0.1, 0.15) is 36.2 Å². The van der Waals surface area contributed by atoms with Crippen molar-refractivity contribution >= 4 is 40.7 Å². The average molecular weight is 414 g/mol. The van der Waals surface area contributed by atoms with Crippen molar-refractivity contribution in [2.24, 2.45) is 5.92 Å². The molecule has 1 saturated heterocycles. The highest BCUT2D eigenvalue weighted by atomic mass is 35.5. The van der Waals surface area contributed by atoms with Gasteiger partial charge in [0.1, 0.15) is 0 Å². The number of anilines is 2. The maximum absolute atomic E-state index is 12.5. The first-order valence-electron chi connectivity index (χ1n) is 9.53. The first-order valence-corrected chi connectivity index (χ1v) is 9.91. The van der Waals surface area contributed by atoms with Gasteiger partial charge in [0, 0.05) is 41.0 Å². The number of hydrogen-bond acceptors (Lipinski definition) is 3. The van der Waals surface area contributed by atoms with Crippen molar-refractivity contribution in [2.45, 2.75) is 33.2 Å². The van der Waals surface area contributed by atoms with E-state index in [4.69, 9.17) is 11.6 Å². The smallest absolute Gasteiger partial charge is 0.255 e. The Bertz CT molecular complexity index is 941. The summed E-state index contributed by atoms with van der Waals surface area (Å²) in [6.45, 7) is 6.15. The molecule has 7 heteroatoms. The fourth-order valence-corrected chi connectivity index (χ4v) is 3.47. The molecule has 0 aliphatic carbocycles. The molecule has 0 saturated carbocycles. The molecule has 1 aliphatic rings. The van der Waals surface area contributed by atoms with E-state index in [9.17, 15) is 14.4 Å². The first kappa shape index (κ1) is 20.9. The van der Waals surface area contributed by atoms with Gasteiger partial charge in [-0.1, -0.05) is 17.7 Å². The average Bonchev–Trinajstić information content (AvgIpc) is 3.08. The summed E-state index contributed by atoms with van der Waals surface area (Å²) >= 11 is 6.09. The normalized spacial score (nSPS) is 16.2. The molecule has 1 fully saturated rings. The van der Waals surface area contributed by atoms with E-state index in [1.165, 1.54) is 0 Å². The van der Waals surface area contributed by atoms with Gasteiger partial charge in [-0.15, -0.1) is 0 Å². The Kier molecular flexibility index (Phi) is 6.23. The highest BCUT2D eigenvalue weighted by molar-refractivity contribution is 6.31. The summed E-state index contributed by atoms with van der Waals surface area (Å²) in [6, 6.07) is 12.1. The molecule has 0 spiro atoms. The van der Waals surface area contributed by atoms with Gasteiger partial charge in [-0.3, -0.25) is 14.4 Å². The van der Waals surface area contributed by atoms with Crippen molar-refractivity contribution in [2.75, 3.05) is 17.2 Å². The van der Waals surface area contributed by atoms with Crippen LogP contribution >= 0.6 is 11.6 Å². The SMILES string of the molecule is Cc1c(Cl)cccc1NC(=O)c1ccc(NC(=O)C2CC(=O)N(C(C)C)C2)cc1. The Labute approximate surface area is 175 Å². The van der Waals surface area contributed by atoms with Crippen LogP contribution in [-0.4, -0.2) is 35.2 Å². The second kappa shape index (κ2) is 8.66. The van der Waals surface area contributed by atoms with Crippen LogP contribution in [0.5, 0.6) is 0 Å². The van der Waals surface area contributed by atoms with Gasteiger partial charge < -0.3 is 15.5 Å². The zero-order valence-electron chi connectivity index (χ0n) is 16.7. The number of nitrogens with zero attached hydrogens (tertiary/aromatic N) is 1. The molecule has 3 amide bonds. The van der Waals surface area contributed by atoms with Crippen molar-refractivity contribution in [3.63, 3.8) is 0 Å². The summed E-state index contributed by atoms with van der Waals surface area (Å²) in [4.78, 5) is 38.7. The summed E-state index contributed by atoms with van der Waals surface area (Å²) in [5.74, 6) is -0.808. The fourth-order valence-electron chi connectivity index (χ4n) is 3.29. The Morgan fingerprint density at radius 1 is 1.10 bits per heavy atom. The maximum Gasteiger partial charge on any atom is 0.255 e. The first-order chi connectivity index (χ1) is 13.8. The van der Waals surface area contributed by atoms with Gasteiger partial charge in [0.2, 0.25) is 11.8 Å². The Morgan fingerprint density at radius 3 is 2.41 bits per heavy atom. The molecule has 1 atom stereocenters. The second-order valence-electron chi connectivity index (χ2n) is 7.47. The number of benzene rings is 2. The summed E-state index contributed by atoms with van der Waals surface area (Å²) < 4.78 is 0. The van der Waals surface area contributed by atoms with Gasteiger partial charge >= 0.3 is 0 Å².